The topological polar surface area (TPSA) is 55.8 Å². The molecule has 1 saturated heterocycles. The van der Waals surface area contributed by atoms with Gasteiger partial charge in [0.15, 0.2) is 15.8 Å². The predicted octanol–water partition coefficient (Wildman–Crippen LogP) is 5.63. The normalized spacial score (nSPS) is 14.7. The number of thioether (sulfide) groups is 1. The molecule has 160 valence electrons. The summed E-state index contributed by atoms with van der Waals surface area (Å²) in [4.78, 5) is 27.4. The monoisotopic (exact) mass is 461 g/mol. The Bertz CT molecular complexity index is 1240. The molecule has 4 rings (SSSR count). The summed E-state index contributed by atoms with van der Waals surface area (Å²) in [7, 11) is 1.50. The minimum Gasteiger partial charge on any atom is -0.493 e. The first kappa shape index (κ1) is 21.8. The molecule has 0 aliphatic carbocycles. The summed E-state index contributed by atoms with van der Waals surface area (Å²) in [6.07, 6.45) is 1.75. The molecule has 1 amide bonds. The Hall–Kier alpha value is -3.42. The number of hydrogen-bond acceptors (Lipinski definition) is 6. The van der Waals surface area contributed by atoms with Gasteiger partial charge in [0.05, 0.1) is 23.3 Å². The molecular formula is C25H19NO4S2. The van der Waals surface area contributed by atoms with Crippen molar-refractivity contribution in [2.75, 3.05) is 12.0 Å². The zero-order valence-corrected chi connectivity index (χ0v) is 19.0. The van der Waals surface area contributed by atoms with Gasteiger partial charge in [0, 0.05) is 0 Å². The van der Waals surface area contributed by atoms with E-state index < -0.39 is 5.97 Å². The second-order valence-corrected chi connectivity index (χ2v) is 8.70. The number of esters is 1. The summed E-state index contributed by atoms with van der Waals surface area (Å²) < 4.78 is 11.4. The molecule has 0 bridgehead atoms. The number of ether oxygens (including phenoxy) is 2. The maximum absolute atomic E-state index is 12.9. The van der Waals surface area contributed by atoms with Crippen molar-refractivity contribution in [1.82, 2.24) is 0 Å². The molecule has 7 heteroatoms. The summed E-state index contributed by atoms with van der Waals surface area (Å²) in [5.41, 5.74) is 2.88. The second kappa shape index (κ2) is 9.38. The van der Waals surface area contributed by atoms with E-state index in [4.69, 9.17) is 21.7 Å². The number of nitrogens with zero attached hydrogens (tertiary/aromatic N) is 1. The Morgan fingerprint density at radius 1 is 1.00 bits per heavy atom. The van der Waals surface area contributed by atoms with Crippen molar-refractivity contribution in [1.29, 1.82) is 0 Å². The first-order valence-electron chi connectivity index (χ1n) is 9.76. The number of amides is 1. The van der Waals surface area contributed by atoms with Crippen LogP contribution >= 0.6 is 24.0 Å². The minimum absolute atomic E-state index is 0.180. The molecule has 1 aliphatic heterocycles. The van der Waals surface area contributed by atoms with Crippen molar-refractivity contribution >= 4 is 51.9 Å². The third kappa shape index (κ3) is 4.59. The van der Waals surface area contributed by atoms with Crippen LogP contribution in [0.1, 0.15) is 21.5 Å². The van der Waals surface area contributed by atoms with E-state index >= 15 is 0 Å². The molecule has 0 N–H and O–H groups in total. The maximum Gasteiger partial charge on any atom is 0.343 e. The van der Waals surface area contributed by atoms with Gasteiger partial charge in [0.25, 0.3) is 5.91 Å². The van der Waals surface area contributed by atoms with Gasteiger partial charge in [-0.05, 0) is 55.0 Å². The number of aryl methyl sites for hydroxylation is 1. The Kier molecular flexibility index (Phi) is 6.39. The summed E-state index contributed by atoms with van der Waals surface area (Å²) in [5.74, 6) is 0.0369. The number of para-hydroxylation sites is 1. The summed E-state index contributed by atoms with van der Waals surface area (Å²) >= 11 is 6.65. The molecule has 3 aromatic carbocycles. The van der Waals surface area contributed by atoms with Gasteiger partial charge < -0.3 is 9.47 Å². The lowest BCUT2D eigenvalue weighted by atomic mass is 10.1. The second-order valence-electron chi connectivity index (χ2n) is 7.02. The summed E-state index contributed by atoms with van der Waals surface area (Å²) in [6.45, 7) is 1.91. The highest BCUT2D eigenvalue weighted by atomic mass is 32.2. The molecule has 1 fully saturated rings. The summed E-state index contributed by atoms with van der Waals surface area (Å²) in [5, 5.41) is 0. The van der Waals surface area contributed by atoms with Crippen molar-refractivity contribution in [3.05, 3.63) is 94.4 Å². The van der Waals surface area contributed by atoms with E-state index in [2.05, 4.69) is 0 Å². The molecule has 1 aliphatic rings. The fraction of sp³-hybridized carbons (Fsp3) is 0.0800. The standard InChI is InChI=1S/C25H19NO4S2/c1-16-7-6-8-18(13-16)24(28)30-20-12-11-17(14-21(20)29-2)15-22-23(27)26(25(31)32-22)19-9-4-3-5-10-19/h3-15H,1-2H3. The molecule has 5 nitrogen and oxygen atoms in total. The number of carbonyl (C=O) groups excluding carboxylic acids is 2. The van der Waals surface area contributed by atoms with Crippen LogP contribution in [0, 0.1) is 6.92 Å². The van der Waals surface area contributed by atoms with Gasteiger partial charge in [0.1, 0.15) is 0 Å². The van der Waals surface area contributed by atoms with Crippen LogP contribution in [0.4, 0.5) is 5.69 Å². The predicted molar refractivity (Wildman–Crippen MR) is 131 cm³/mol. The fourth-order valence-corrected chi connectivity index (χ4v) is 4.51. The zero-order chi connectivity index (χ0) is 22.7. The van der Waals surface area contributed by atoms with E-state index in [0.717, 1.165) is 16.8 Å². The number of carbonyl (C=O) groups is 2. The van der Waals surface area contributed by atoms with Crippen molar-refractivity contribution in [2.45, 2.75) is 6.92 Å². The fourth-order valence-electron chi connectivity index (χ4n) is 3.21. The van der Waals surface area contributed by atoms with Crippen molar-refractivity contribution < 1.29 is 19.1 Å². The van der Waals surface area contributed by atoms with Crippen molar-refractivity contribution in [3.8, 4) is 11.5 Å². The smallest absolute Gasteiger partial charge is 0.343 e. The van der Waals surface area contributed by atoms with Crippen LogP contribution < -0.4 is 14.4 Å². The first-order chi connectivity index (χ1) is 15.5. The number of benzene rings is 3. The van der Waals surface area contributed by atoms with Crippen molar-refractivity contribution in [2.24, 2.45) is 0 Å². The van der Waals surface area contributed by atoms with Crippen LogP contribution in [0.5, 0.6) is 11.5 Å². The lowest BCUT2D eigenvalue weighted by Gasteiger charge is -2.13. The first-order valence-corrected chi connectivity index (χ1v) is 11.0. The molecule has 1 heterocycles. The lowest BCUT2D eigenvalue weighted by molar-refractivity contribution is -0.113. The number of methoxy groups -OCH3 is 1. The Balaban J connectivity index is 1.56. The summed E-state index contributed by atoms with van der Waals surface area (Å²) in [6, 6.07) is 21.6. The lowest BCUT2D eigenvalue weighted by Crippen LogP contribution is -2.27. The third-order valence-electron chi connectivity index (χ3n) is 4.75. The zero-order valence-electron chi connectivity index (χ0n) is 17.4. The molecule has 0 atom stereocenters. The van der Waals surface area contributed by atoms with E-state index in [-0.39, 0.29) is 5.91 Å². The van der Waals surface area contributed by atoms with Crippen LogP contribution in [-0.4, -0.2) is 23.3 Å². The minimum atomic E-state index is -0.469. The van der Waals surface area contributed by atoms with Crippen LogP contribution in [0.15, 0.2) is 77.7 Å². The van der Waals surface area contributed by atoms with Gasteiger partial charge in [-0.15, -0.1) is 0 Å². The van der Waals surface area contributed by atoms with Gasteiger partial charge in [0.2, 0.25) is 0 Å². The van der Waals surface area contributed by atoms with Gasteiger partial charge in [-0.3, -0.25) is 9.69 Å². The van der Waals surface area contributed by atoms with Crippen LogP contribution in [-0.2, 0) is 4.79 Å². The van der Waals surface area contributed by atoms with E-state index in [1.54, 1.807) is 42.5 Å². The van der Waals surface area contributed by atoms with Crippen LogP contribution in [0.3, 0.4) is 0 Å². The van der Waals surface area contributed by atoms with Crippen LogP contribution in [0.2, 0.25) is 0 Å². The highest BCUT2D eigenvalue weighted by molar-refractivity contribution is 8.27. The highest BCUT2D eigenvalue weighted by Gasteiger charge is 2.33. The van der Waals surface area contributed by atoms with Crippen molar-refractivity contribution in [3.63, 3.8) is 0 Å². The Morgan fingerprint density at radius 2 is 1.78 bits per heavy atom. The van der Waals surface area contributed by atoms with Gasteiger partial charge >= 0.3 is 5.97 Å². The van der Waals surface area contributed by atoms with Gasteiger partial charge in [-0.25, -0.2) is 4.79 Å². The number of anilines is 1. The largest absolute Gasteiger partial charge is 0.493 e. The third-order valence-corrected chi connectivity index (χ3v) is 6.05. The number of hydrogen-bond donors (Lipinski definition) is 0. The highest BCUT2D eigenvalue weighted by Crippen LogP contribution is 2.37. The molecule has 0 radical (unpaired) electrons. The maximum atomic E-state index is 12.9. The van der Waals surface area contributed by atoms with E-state index in [9.17, 15) is 9.59 Å². The molecular weight excluding hydrogens is 442 g/mol. The Morgan fingerprint density at radius 3 is 2.50 bits per heavy atom. The van der Waals surface area contributed by atoms with E-state index in [1.165, 1.54) is 23.8 Å². The van der Waals surface area contributed by atoms with E-state index in [0.29, 0.717) is 26.3 Å². The molecule has 0 spiro atoms. The quantitative estimate of drug-likeness (QED) is 0.212. The molecule has 0 saturated carbocycles. The molecule has 3 aromatic rings. The molecule has 32 heavy (non-hydrogen) atoms. The molecule has 0 unspecified atom stereocenters. The van der Waals surface area contributed by atoms with Gasteiger partial charge in [-0.1, -0.05) is 65.9 Å². The Labute approximate surface area is 195 Å². The number of rotatable bonds is 5. The van der Waals surface area contributed by atoms with E-state index in [1.807, 2.05) is 43.3 Å². The SMILES string of the molecule is COc1cc(C=C2SC(=S)N(c3ccccc3)C2=O)ccc1OC(=O)c1cccc(C)c1. The number of thiocarbonyl (C=S) groups is 1. The van der Waals surface area contributed by atoms with Crippen LogP contribution in [0.25, 0.3) is 6.08 Å². The average molecular weight is 462 g/mol. The molecule has 0 aromatic heterocycles. The average Bonchev–Trinajstić information content (AvgIpc) is 3.07. The van der Waals surface area contributed by atoms with Gasteiger partial charge in [-0.2, -0.15) is 0 Å².